The Labute approximate surface area is 150 Å². The first-order valence-electron chi connectivity index (χ1n) is 7.94. The molecule has 3 rings (SSSR count). The molecule has 128 valence electrons. The van der Waals surface area contributed by atoms with Crippen LogP contribution in [0.5, 0.6) is 0 Å². The van der Waals surface area contributed by atoms with Crippen LogP contribution in [0.3, 0.4) is 0 Å². The zero-order chi connectivity index (χ0) is 18.0. The summed E-state index contributed by atoms with van der Waals surface area (Å²) in [4.78, 5) is 37.3. The van der Waals surface area contributed by atoms with Gasteiger partial charge in [0.1, 0.15) is 0 Å². The average Bonchev–Trinajstić information content (AvgIpc) is 2.60. The molecule has 0 bridgehead atoms. The van der Waals surface area contributed by atoms with Gasteiger partial charge < -0.3 is 10.6 Å². The van der Waals surface area contributed by atoms with Crippen LogP contribution in [-0.4, -0.2) is 22.8 Å². The van der Waals surface area contributed by atoms with Crippen molar-refractivity contribution >= 4 is 40.7 Å². The topological polar surface area (TPSA) is 75.3 Å². The second-order valence-electron chi connectivity index (χ2n) is 5.94. The second-order valence-corrected chi connectivity index (χ2v) is 7.12. The van der Waals surface area contributed by atoms with Crippen LogP contribution < -0.4 is 10.6 Å². The highest BCUT2D eigenvalue weighted by molar-refractivity contribution is 8.01. The summed E-state index contributed by atoms with van der Waals surface area (Å²) in [5.41, 5.74) is 1.85. The van der Waals surface area contributed by atoms with E-state index in [4.69, 9.17) is 0 Å². The Morgan fingerprint density at radius 1 is 1.16 bits per heavy atom. The molecular formula is C19H18N2O3S. The lowest BCUT2D eigenvalue weighted by Crippen LogP contribution is -2.39. The fourth-order valence-corrected chi connectivity index (χ4v) is 3.78. The Morgan fingerprint density at radius 2 is 1.92 bits per heavy atom. The monoisotopic (exact) mass is 354 g/mol. The number of thioether (sulfide) groups is 1. The molecule has 0 saturated heterocycles. The standard InChI is InChI=1S/C19H18N2O3S/c1-11(17-19(24)21-15-8-3-4-9-16(15)25-17)18(23)20-14-7-5-6-13(10-14)12(2)22/h3-11,17H,1-2H3,(H,20,23)(H,21,24). The van der Waals surface area contributed by atoms with Gasteiger partial charge in [-0.25, -0.2) is 0 Å². The van der Waals surface area contributed by atoms with Crippen molar-refractivity contribution in [3.8, 4) is 0 Å². The van der Waals surface area contributed by atoms with Crippen molar-refractivity contribution in [2.45, 2.75) is 24.0 Å². The summed E-state index contributed by atoms with van der Waals surface area (Å²) in [5.74, 6) is -1.03. The van der Waals surface area contributed by atoms with Crippen LogP contribution in [0.1, 0.15) is 24.2 Å². The lowest BCUT2D eigenvalue weighted by molar-refractivity contribution is -0.123. The SMILES string of the molecule is CC(=O)c1cccc(NC(=O)C(C)C2Sc3ccccc3NC2=O)c1. The van der Waals surface area contributed by atoms with Crippen LogP contribution in [-0.2, 0) is 9.59 Å². The fraction of sp³-hybridized carbons (Fsp3) is 0.211. The molecular weight excluding hydrogens is 336 g/mol. The molecule has 2 aromatic carbocycles. The number of hydrogen-bond acceptors (Lipinski definition) is 4. The minimum Gasteiger partial charge on any atom is -0.326 e. The molecule has 0 aliphatic carbocycles. The molecule has 2 N–H and O–H groups in total. The highest BCUT2D eigenvalue weighted by Crippen LogP contribution is 2.38. The number of amides is 2. The van der Waals surface area contributed by atoms with E-state index < -0.39 is 11.2 Å². The molecule has 2 aromatic rings. The average molecular weight is 354 g/mol. The van der Waals surface area contributed by atoms with Gasteiger partial charge in [-0.2, -0.15) is 0 Å². The molecule has 1 heterocycles. The van der Waals surface area contributed by atoms with Gasteiger partial charge >= 0.3 is 0 Å². The summed E-state index contributed by atoms with van der Waals surface area (Å²) in [7, 11) is 0. The molecule has 2 amide bonds. The van der Waals surface area contributed by atoms with Crippen molar-refractivity contribution in [2.75, 3.05) is 10.6 Å². The van der Waals surface area contributed by atoms with E-state index >= 15 is 0 Å². The Bertz CT molecular complexity index is 850. The van der Waals surface area contributed by atoms with Crippen molar-refractivity contribution in [3.63, 3.8) is 0 Å². The highest BCUT2D eigenvalue weighted by Gasteiger charge is 2.35. The summed E-state index contributed by atoms with van der Waals surface area (Å²) in [6.45, 7) is 3.21. The van der Waals surface area contributed by atoms with Gasteiger partial charge in [0.15, 0.2) is 5.78 Å². The smallest absolute Gasteiger partial charge is 0.238 e. The van der Waals surface area contributed by atoms with Gasteiger partial charge in [0.05, 0.1) is 16.9 Å². The minimum absolute atomic E-state index is 0.0667. The van der Waals surface area contributed by atoms with Crippen molar-refractivity contribution < 1.29 is 14.4 Å². The molecule has 6 heteroatoms. The maximum absolute atomic E-state index is 12.6. The molecule has 0 spiro atoms. The van der Waals surface area contributed by atoms with E-state index in [9.17, 15) is 14.4 Å². The minimum atomic E-state index is -0.528. The lowest BCUT2D eigenvalue weighted by Gasteiger charge is -2.27. The van der Waals surface area contributed by atoms with Gasteiger partial charge in [0.25, 0.3) is 0 Å². The maximum atomic E-state index is 12.6. The van der Waals surface area contributed by atoms with Crippen LogP contribution in [0.25, 0.3) is 0 Å². The first-order chi connectivity index (χ1) is 12.0. The van der Waals surface area contributed by atoms with Crippen LogP contribution in [0, 0.1) is 5.92 Å². The van der Waals surface area contributed by atoms with Crippen molar-refractivity contribution in [1.82, 2.24) is 0 Å². The molecule has 0 fully saturated rings. The third kappa shape index (κ3) is 3.74. The Balaban J connectivity index is 1.73. The Morgan fingerprint density at radius 3 is 2.68 bits per heavy atom. The van der Waals surface area contributed by atoms with E-state index in [1.807, 2.05) is 24.3 Å². The summed E-state index contributed by atoms with van der Waals surface area (Å²) in [6.07, 6.45) is 0. The molecule has 1 aliphatic heterocycles. The zero-order valence-electron chi connectivity index (χ0n) is 13.9. The third-order valence-electron chi connectivity index (χ3n) is 4.06. The molecule has 0 saturated carbocycles. The van der Waals surface area contributed by atoms with Crippen LogP contribution >= 0.6 is 11.8 Å². The maximum Gasteiger partial charge on any atom is 0.238 e. The number of para-hydroxylation sites is 1. The van der Waals surface area contributed by atoms with Gasteiger partial charge in [-0.1, -0.05) is 31.2 Å². The van der Waals surface area contributed by atoms with Gasteiger partial charge in [0.2, 0.25) is 11.8 Å². The van der Waals surface area contributed by atoms with E-state index in [-0.39, 0.29) is 17.6 Å². The number of hydrogen-bond donors (Lipinski definition) is 2. The fourth-order valence-electron chi connectivity index (χ4n) is 2.61. The first-order valence-corrected chi connectivity index (χ1v) is 8.82. The molecule has 2 atom stereocenters. The van der Waals surface area contributed by atoms with Gasteiger partial charge in [0, 0.05) is 16.1 Å². The number of fused-ring (bicyclic) bond motifs is 1. The van der Waals surface area contributed by atoms with E-state index in [2.05, 4.69) is 10.6 Å². The van der Waals surface area contributed by atoms with Crippen molar-refractivity contribution in [2.24, 2.45) is 5.92 Å². The number of benzene rings is 2. The molecule has 1 aliphatic rings. The lowest BCUT2D eigenvalue weighted by atomic mass is 10.0. The molecule has 5 nitrogen and oxygen atoms in total. The zero-order valence-corrected chi connectivity index (χ0v) is 14.7. The number of carbonyl (C=O) groups excluding carboxylic acids is 3. The van der Waals surface area contributed by atoms with Gasteiger partial charge in [-0.3, -0.25) is 14.4 Å². The van der Waals surface area contributed by atoms with Gasteiger partial charge in [-0.05, 0) is 31.2 Å². The van der Waals surface area contributed by atoms with Gasteiger partial charge in [-0.15, -0.1) is 11.8 Å². The van der Waals surface area contributed by atoms with E-state index in [0.717, 1.165) is 10.6 Å². The third-order valence-corrected chi connectivity index (χ3v) is 5.55. The normalized spacial score (nSPS) is 17.2. The quantitative estimate of drug-likeness (QED) is 0.823. The molecule has 0 aromatic heterocycles. The largest absolute Gasteiger partial charge is 0.326 e. The van der Waals surface area contributed by atoms with E-state index in [0.29, 0.717) is 11.3 Å². The molecule has 0 radical (unpaired) electrons. The Kier molecular flexibility index (Phi) is 4.90. The number of Topliss-reactive ketones (excluding diaryl/α,β-unsaturated/α-hetero) is 1. The van der Waals surface area contributed by atoms with Crippen molar-refractivity contribution in [3.05, 3.63) is 54.1 Å². The Hall–Kier alpha value is -2.60. The number of ketones is 1. The number of anilines is 2. The van der Waals surface area contributed by atoms with Crippen LogP contribution in [0.15, 0.2) is 53.4 Å². The highest BCUT2D eigenvalue weighted by atomic mass is 32.2. The van der Waals surface area contributed by atoms with Crippen LogP contribution in [0.4, 0.5) is 11.4 Å². The van der Waals surface area contributed by atoms with Crippen LogP contribution in [0.2, 0.25) is 0 Å². The first kappa shape index (κ1) is 17.2. The van der Waals surface area contributed by atoms with Crippen molar-refractivity contribution in [1.29, 1.82) is 0 Å². The predicted octanol–water partition coefficient (Wildman–Crippen LogP) is 3.58. The second kappa shape index (κ2) is 7.11. The summed E-state index contributed by atoms with van der Waals surface area (Å²) in [6, 6.07) is 14.3. The van der Waals surface area contributed by atoms with E-state index in [1.54, 1.807) is 31.2 Å². The van der Waals surface area contributed by atoms with E-state index in [1.165, 1.54) is 18.7 Å². The summed E-state index contributed by atoms with van der Waals surface area (Å²) in [5, 5.41) is 5.14. The molecule has 25 heavy (non-hydrogen) atoms. The number of carbonyl (C=O) groups is 3. The summed E-state index contributed by atoms with van der Waals surface area (Å²) < 4.78 is 0. The number of nitrogens with one attached hydrogen (secondary N) is 2. The summed E-state index contributed by atoms with van der Waals surface area (Å²) >= 11 is 1.39. The molecule has 2 unspecified atom stereocenters. The number of rotatable bonds is 4. The predicted molar refractivity (Wildman–Crippen MR) is 99.0 cm³/mol.